The van der Waals surface area contributed by atoms with Gasteiger partial charge < -0.3 is 15.3 Å². The van der Waals surface area contributed by atoms with Crippen molar-refractivity contribution in [1.82, 2.24) is 9.97 Å². The van der Waals surface area contributed by atoms with Crippen LogP contribution in [0.5, 0.6) is 0 Å². The molecule has 4 N–H and O–H groups in total. The number of ketones is 1. The van der Waals surface area contributed by atoms with Gasteiger partial charge >= 0.3 is 5.69 Å². The largest absolute Gasteiger partial charge is 0.324 e. The summed E-state index contributed by atoms with van der Waals surface area (Å²) in [6.07, 6.45) is 0. The second kappa shape index (κ2) is 9.75. The van der Waals surface area contributed by atoms with Crippen LogP contribution in [-0.2, 0) is 19.0 Å². The molecule has 0 saturated heterocycles. The minimum absolute atomic E-state index is 0.362. The van der Waals surface area contributed by atoms with Gasteiger partial charge in [-0.1, -0.05) is 23.2 Å². The van der Waals surface area contributed by atoms with Crippen molar-refractivity contribution in [3.63, 3.8) is 0 Å². The number of aromatic nitrogens is 2. The lowest BCUT2D eigenvalue weighted by molar-refractivity contribution is -0.432. The number of amides is 1. The van der Waals surface area contributed by atoms with Crippen LogP contribution in [0.15, 0.2) is 74.5 Å². The van der Waals surface area contributed by atoms with Gasteiger partial charge in [0.1, 0.15) is 0 Å². The summed E-state index contributed by atoms with van der Waals surface area (Å²) in [4.78, 5) is 42.1. The van der Waals surface area contributed by atoms with Gasteiger partial charge in [0.25, 0.3) is 5.91 Å². The normalized spacial score (nSPS) is 12.4. The van der Waals surface area contributed by atoms with E-state index in [1.165, 1.54) is 6.92 Å². The molecule has 4 rings (SSSR count). The second-order valence-electron chi connectivity index (χ2n) is 6.94. The van der Waals surface area contributed by atoms with E-state index in [0.29, 0.717) is 27.3 Å². The summed E-state index contributed by atoms with van der Waals surface area (Å²) in [6.45, 7) is 1.26. The van der Waals surface area contributed by atoms with Crippen LogP contribution in [0.1, 0.15) is 6.92 Å². The van der Waals surface area contributed by atoms with Crippen molar-refractivity contribution in [2.75, 3.05) is 5.32 Å². The van der Waals surface area contributed by atoms with Gasteiger partial charge in [0.15, 0.2) is 5.78 Å². The van der Waals surface area contributed by atoms with Crippen LogP contribution in [0.25, 0.3) is 21.8 Å². The number of Topliss-reactive ketones (excluding diaryl/α,β-unsaturated/α-hetero) is 1. The van der Waals surface area contributed by atoms with E-state index in [9.17, 15) is 14.4 Å². The zero-order valence-electron chi connectivity index (χ0n) is 17.1. The van der Waals surface area contributed by atoms with Crippen molar-refractivity contribution in [2.24, 2.45) is 10.2 Å². The van der Waals surface area contributed by atoms with E-state index in [4.69, 9.17) is 5.26 Å². The number of azo groups is 1. The van der Waals surface area contributed by atoms with E-state index in [0.717, 1.165) is 22.8 Å². The van der Waals surface area contributed by atoms with Gasteiger partial charge in [0, 0.05) is 16.0 Å². The fourth-order valence-corrected chi connectivity index (χ4v) is 3.61. The number of nitrogens with one attached hydrogen (secondary N) is 3. The monoisotopic (exact) mass is 467 g/mol. The van der Waals surface area contributed by atoms with E-state index in [-0.39, 0.29) is 5.69 Å². The van der Waals surface area contributed by atoms with Gasteiger partial charge in [0.05, 0.1) is 28.8 Å². The number of carbonyl (C=O) groups excluding carboxylic acids is 2. The Hall–Kier alpha value is -3.84. The number of hydrogen-bond donors (Lipinski definition) is 4. The number of rotatable bonds is 8. The molecule has 0 spiro atoms. The van der Waals surface area contributed by atoms with Crippen molar-refractivity contribution in [2.45, 2.75) is 17.9 Å². The number of H-pyrrole nitrogens is 2. The molecular weight excluding hydrogens is 450 g/mol. The molecule has 0 aliphatic heterocycles. The molecule has 0 saturated carbocycles. The second-order valence-corrected chi connectivity index (χ2v) is 7.72. The Morgan fingerprint density at radius 1 is 1.09 bits per heavy atom. The zero-order valence-corrected chi connectivity index (χ0v) is 17.9. The first kappa shape index (κ1) is 22.4. The molecule has 1 amide bonds. The third-order valence-electron chi connectivity index (χ3n) is 4.69. The van der Waals surface area contributed by atoms with Gasteiger partial charge in [-0.05, 0) is 48.7 Å². The van der Waals surface area contributed by atoms with Crippen LogP contribution >= 0.6 is 12.0 Å². The molecule has 0 bridgehead atoms. The maximum atomic E-state index is 12.7. The van der Waals surface area contributed by atoms with Gasteiger partial charge in [-0.15, -0.1) is 4.33 Å². The third kappa shape index (κ3) is 5.15. The summed E-state index contributed by atoms with van der Waals surface area (Å²) in [5, 5.41) is 24.2. The smallest absolute Gasteiger partial charge is 0.323 e. The fraction of sp³-hybridized carbons (Fsp3) is 0.0952. The number of anilines is 1. The van der Waals surface area contributed by atoms with Crippen LogP contribution in [0.4, 0.5) is 11.4 Å². The highest BCUT2D eigenvalue weighted by molar-refractivity contribution is 7.94. The Bertz CT molecular complexity index is 1430. The number of fused-ring (bicyclic) bond motifs is 2. The van der Waals surface area contributed by atoms with E-state index >= 15 is 0 Å². The molecule has 12 heteroatoms. The lowest BCUT2D eigenvalue weighted by Crippen LogP contribution is -2.31. The topological polar surface area (TPSA) is 158 Å². The van der Waals surface area contributed by atoms with Crippen LogP contribution in [0.2, 0.25) is 0 Å². The molecule has 33 heavy (non-hydrogen) atoms. The molecule has 0 fully saturated rings. The van der Waals surface area contributed by atoms with Gasteiger partial charge in [-0.3, -0.25) is 9.59 Å². The standard InChI is InChI=1S/C21H17N5O6S/c1-11(27)19(20(28)22-13-5-8-17-18(10-13)24-21(29)23-17)26-25-16-4-2-3-12-9-14(33-32-31-30)6-7-15(12)16/h2-10,19,30H,1H3,(H,22,28)(H2,23,24,29). The summed E-state index contributed by atoms with van der Waals surface area (Å²) < 4.78 is 4.43. The average molecular weight is 467 g/mol. The molecular formula is C21H17N5O6S. The highest BCUT2D eigenvalue weighted by Gasteiger charge is 2.23. The molecule has 1 unspecified atom stereocenters. The first-order valence-electron chi connectivity index (χ1n) is 9.56. The third-order valence-corrected chi connectivity index (χ3v) is 5.26. The first-order valence-corrected chi connectivity index (χ1v) is 10.3. The summed E-state index contributed by atoms with van der Waals surface area (Å²) in [5.41, 5.74) is 1.61. The predicted molar refractivity (Wildman–Crippen MR) is 121 cm³/mol. The molecule has 1 atom stereocenters. The highest BCUT2D eigenvalue weighted by atomic mass is 32.2. The molecule has 11 nitrogen and oxygen atoms in total. The molecule has 168 valence electrons. The molecule has 3 aromatic carbocycles. The molecule has 1 aromatic heterocycles. The van der Waals surface area contributed by atoms with Gasteiger partial charge in [0.2, 0.25) is 6.04 Å². The predicted octanol–water partition coefficient (Wildman–Crippen LogP) is 4.12. The van der Waals surface area contributed by atoms with Crippen LogP contribution in [-0.4, -0.2) is 33.0 Å². The minimum atomic E-state index is -1.36. The average Bonchev–Trinajstić information content (AvgIpc) is 3.16. The Labute approximate surface area is 189 Å². The SMILES string of the molecule is CC(=O)C(N=Nc1cccc2cc(SOOO)ccc12)C(=O)Nc1ccc2[nH]c(=O)[nH]c2c1. The van der Waals surface area contributed by atoms with Crippen molar-refractivity contribution in [1.29, 1.82) is 0 Å². The molecule has 0 aliphatic carbocycles. The summed E-state index contributed by atoms with van der Waals surface area (Å²) in [6, 6.07) is 14.0. The number of carbonyl (C=O) groups is 2. The Balaban J connectivity index is 1.56. The summed E-state index contributed by atoms with van der Waals surface area (Å²) >= 11 is 0.825. The number of benzene rings is 3. The minimum Gasteiger partial charge on any atom is -0.324 e. The highest BCUT2D eigenvalue weighted by Crippen LogP contribution is 2.30. The Morgan fingerprint density at radius 2 is 1.91 bits per heavy atom. The number of imidazole rings is 1. The van der Waals surface area contributed by atoms with Crippen LogP contribution < -0.4 is 11.0 Å². The maximum Gasteiger partial charge on any atom is 0.323 e. The Morgan fingerprint density at radius 3 is 2.70 bits per heavy atom. The van der Waals surface area contributed by atoms with Crippen LogP contribution in [0, 0.1) is 0 Å². The lowest BCUT2D eigenvalue weighted by Gasteiger charge is -2.10. The van der Waals surface area contributed by atoms with E-state index in [2.05, 4.69) is 34.9 Å². The first-order chi connectivity index (χ1) is 15.9. The molecule has 0 aliphatic rings. The van der Waals surface area contributed by atoms with Crippen molar-refractivity contribution >= 4 is 56.9 Å². The van der Waals surface area contributed by atoms with E-state index in [1.54, 1.807) is 48.5 Å². The van der Waals surface area contributed by atoms with Crippen molar-refractivity contribution in [3.05, 3.63) is 65.1 Å². The molecule has 4 aromatic rings. The number of hydrogen-bond acceptors (Lipinski definition) is 9. The summed E-state index contributed by atoms with van der Waals surface area (Å²) in [7, 11) is 0. The van der Waals surface area contributed by atoms with Crippen molar-refractivity contribution < 1.29 is 24.2 Å². The molecule has 1 heterocycles. The lowest BCUT2D eigenvalue weighted by atomic mass is 10.1. The Kier molecular flexibility index (Phi) is 6.60. The van der Waals surface area contributed by atoms with E-state index < -0.39 is 17.7 Å². The van der Waals surface area contributed by atoms with Crippen LogP contribution in [0.3, 0.4) is 0 Å². The van der Waals surface area contributed by atoms with Gasteiger partial charge in [-0.2, -0.15) is 10.2 Å². The molecule has 0 radical (unpaired) electrons. The maximum absolute atomic E-state index is 12.7. The van der Waals surface area contributed by atoms with E-state index in [1.807, 2.05) is 6.07 Å². The quantitative estimate of drug-likeness (QED) is 0.0997. The summed E-state index contributed by atoms with van der Waals surface area (Å²) in [5.74, 6) is -1.13. The number of nitrogens with zero attached hydrogens (tertiary/aromatic N) is 2. The fourth-order valence-electron chi connectivity index (χ4n) is 3.20. The zero-order chi connectivity index (χ0) is 23.4. The van der Waals surface area contributed by atoms with Crippen molar-refractivity contribution in [3.8, 4) is 0 Å². The number of aromatic amines is 2. The van der Waals surface area contributed by atoms with Gasteiger partial charge in [-0.25, -0.2) is 10.1 Å².